The fourth-order valence-electron chi connectivity index (χ4n) is 2.04. The Bertz CT molecular complexity index is 881. The van der Waals surface area contributed by atoms with Gasteiger partial charge in [-0.1, -0.05) is 0 Å². The molecule has 0 spiro atoms. The van der Waals surface area contributed by atoms with Gasteiger partial charge in [0.1, 0.15) is 0 Å². The summed E-state index contributed by atoms with van der Waals surface area (Å²) in [6, 6.07) is 4.59. The van der Waals surface area contributed by atoms with Crippen molar-refractivity contribution in [3.8, 4) is 0 Å². The van der Waals surface area contributed by atoms with Crippen molar-refractivity contribution in [2.45, 2.75) is 36.2 Å². The highest BCUT2D eigenvalue weighted by Gasteiger charge is 2.22. The Morgan fingerprint density at radius 1 is 1.27 bits per heavy atom. The standard InChI is InChI=1S/C14H19N3O3S2/c1-14(2,3)16-22(19,20)9-6-7-10-11(8-9)17(4)13(18)12(15-10)21-5/h6-8,16H,1-5H3. The second-order valence-electron chi connectivity index (χ2n) is 5.99. The van der Waals surface area contributed by atoms with E-state index in [4.69, 9.17) is 0 Å². The van der Waals surface area contributed by atoms with Crippen LogP contribution in [0.3, 0.4) is 0 Å². The van der Waals surface area contributed by atoms with Crippen molar-refractivity contribution in [1.82, 2.24) is 14.3 Å². The first-order chi connectivity index (χ1) is 10.0. The van der Waals surface area contributed by atoms with Crippen LogP contribution in [0.15, 0.2) is 32.9 Å². The van der Waals surface area contributed by atoms with E-state index in [9.17, 15) is 13.2 Å². The van der Waals surface area contributed by atoms with E-state index in [2.05, 4.69) is 9.71 Å². The summed E-state index contributed by atoms with van der Waals surface area (Å²) < 4.78 is 28.8. The Kier molecular flexibility index (Phi) is 4.38. The van der Waals surface area contributed by atoms with E-state index < -0.39 is 15.6 Å². The zero-order chi connectivity index (χ0) is 16.7. The number of sulfonamides is 1. The van der Waals surface area contributed by atoms with Crippen LogP contribution in [0.4, 0.5) is 0 Å². The summed E-state index contributed by atoms with van der Waals surface area (Å²) >= 11 is 1.27. The number of benzene rings is 1. The minimum absolute atomic E-state index is 0.114. The average molecular weight is 341 g/mol. The van der Waals surface area contributed by atoms with E-state index >= 15 is 0 Å². The number of fused-ring (bicyclic) bond motifs is 1. The van der Waals surface area contributed by atoms with Crippen molar-refractivity contribution in [3.05, 3.63) is 28.6 Å². The third kappa shape index (κ3) is 3.34. The average Bonchev–Trinajstić information content (AvgIpc) is 2.39. The lowest BCUT2D eigenvalue weighted by Crippen LogP contribution is -2.40. The van der Waals surface area contributed by atoms with Gasteiger partial charge in [-0.2, -0.15) is 0 Å². The van der Waals surface area contributed by atoms with Gasteiger partial charge in [-0.3, -0.25) is 4.79 Å². The second-order valence-corrected chi connectivity index (χ2v) is 8.47. The van der Waals surface area contributed by atoms with Gasteiger partial charge < -0.3 is 4.57 Å². The van der Waals surface area contributed by atoms with Crippen LogP contribution >= 0.6 is 11.8 Å². The largest absolute Gasteiger partial charge is 0.307 e. The summed E-state index contributed by atoms with van der Waals surface area (Å²) in [7, 11) is -2.04. The lowest BCUT2D eigenvalue weighted by molar-refractivity contribution is 0.491. The summed E-state index contributed by atoms with van der Waals surface area (Å²) in [5, 5.41) is 0.387. The highest BCUT2D eigenvalue weighted by atomic mass is 32.2. The second kappa shape index (κ2) is 5.68. The van der Waals surface area contributed by atoms with Crippen LogP contribution in [0.1, 0.15) is 20.8 Å². The first-order valence-electron chi connectivity index (χ1n) is 6.64. The van der Waals surface area contributed by atoms with Crippen LogP contribution in [-0.4, -0.2) is 29.8 Å². The number of nitrogens with one attached hydrogen (secondary N) is 1. The number of hydrogen-bond donors (Lipinski definition) is 1. The molecule has 0 fully saturated rings. The maximum absolute atomic E-state index is 12.4. The number of nitrogens with zero attached hydrogens (tertiary/aromatic N) is 2. The quantitative estimate of drug-likeness (QED) is 0.860. The van der Waals surface area contributed by atoms with Crippen molar-refractivity contribution >= 4 is 32.8 Å². The first-order valence-corrected chi connectivity index (χ1v) is 9.35. The van der Waals surface area contributed by atoms with Crippen LogP contribution in [0.5, 0.6) is 0 Å². The molecule has 0 saturated heterocycles. The van der Waals surface area contributed by atoms with Gasteiger partial charge in [-0.15, -0.1) is 11.8 Å². The molecule has 0 saturated carbocycles. The van der Waals surface area contributed by atoms with Crippen molar-refractivity contribution < 1.29 is 8.42 Å². The van der Waals surface area contributed by atoms with Crippen LogP contribution in [0, 0.1) is 0 Å². The summed E-state index contributed by atoms with van der Waals surface area (Å²) in [6.45, 7) is 5.31. The molecule has 1 N–H and O–H groups in total. The molecule has 120 valence electrons. The minimum atomic E-state index is -3.65. The zero-order valence-corrected chi connectivity index (χ0v) is 14.8. The molecule has 0 amide bonds. The maximum atomic E-state index is 12.4. The van der Waals surface area contributed by atoms with Gasteiger partial charge in [0, 0.05) is 12.6 Å². The summed E-state index contributed by atoms with van der Waals surface area (Å²) in [5.74, 6) is 0. The predicted octanol–water partition coefficient (Wildman–Crippen LogP) is 1.73. The fraction of sp³-hybridized carbons (Fsp3) is 0.429. The molecule has 0 bridgehead atoms. The number of aryl methyl sites for hydroxylation is 1. The van der Waals surface area contributed by atoms with E-state index in [1.807, 2.05) is 0 Å². The van der Waals surface area contributed by atoms with E-state index in [0.717, 1.165) is 0 Å². The monoisotopic (exact) mass is 341 g/mol. The Morgan fingerprint density at radius 3 is 2.45 bits per heavy atom. The molecular formula is C14H19N3O3S2. The predicted molar refractivity (Wildman–Crippen MR) is 88.8 cm³/mol. The van der Waals surface area contributed by atoms with E-state index in [1.165, 1.54) is 28.5 Å². The summed E-state index contributed by atoms with van der Waals surface area (Å²) in [4.78, 5) is 16.5. The number of aromatic nitrogens is 2. The Hall–Kier alpha value is -1.38. The molecule has 0 unspecified atom stereocenters. The molecule has 2 aromatic rings. The third-order valence-electron chi connectivity index (χ3n) is 2.96. The zero-order valence-electron chi connectivity index (χ0n) is 13.2. The van der Waals surface area contributed by atoms with Gasteiger partial charge >= 0.3 is 0 Å². The Labute approximate surface area is 134 Å². The molecule has 2 rings (SSSR count). The van der Waals surface area contributed by atoms with Crippen LogP contribution < -0.4 is 10.3 Å². The van der Waals surface area contributed by atoms with Crippen molar-refractivity contribution in [2.24, 2.45) is 7.05 Å². The molecule has 6 nitrogen and oxygen atoms in total. The molecular weight excluding hydrogens is 322 g/mol. The van der Waals surface area contributed by atoms with Gasteiger partial charge in [0.25, 0.3) is 5.56 Å². The van der Waals surface area contributed by atoms with Gasteiger partial charge in [0.15, 0.2) is 5.03 Å². The molecule has 0 radical (unpaired) electrons. The minimum Gasteiger partial charge on any atom is -0.307 e. The molecule has 0 aliphatic carbocycles. The SMILES string of the molecule is CSc1nc2ccc(S(=O)(=O)NC(C)(C)C)cc2n(C)c1=O. The molecule has 1 aromatic carbocycles. The molecule has 1 aromatic heterocycles. The highest BCUT2D eigenvalue weighted by molar-refractivity contribution is 7.98. The highest BCUT2D eigenvalue weighted by Crippen LogP contribution is 2.19. The molecule has 1 heterocycles. The number of thioether (sulfide) groups is 1. The van der Waals surface area contributed by atoms with Crippen molar-refractivity contribution in [3.63, 3.8) is 0 Å². The summed E-state index contributed by atoms with van der Waals surface area (Å²) in [5.41, 5.74) is 0.250. The van der Waals surface area contributed by atoms with E-state index in [1.54, 1.807) is 40.1 Å². The van der Waals surface area contributed by atoms with Crippen molar-refractivity contribution in [2.75, 3.05) is 6.26 Å². The van der Waals surface area contributed by atoms with Crippen LogP contribution in [0.2, 0.25) is 0 Å². The molecule has 8 heteroatoms. The Morgan fingerprint density at radius 2 is 1.91 bits per heavy atom. The number of rotatable bonds is 3. The molecule has 0 atom stereocenters. The van der Waals surface area contributed by atoms with Gasteiger partial charge in [0.2, 0.25) is 10.0 Å². The fourth-order valence-corrected chi connectivity index (χ4v) is 3.98. The summed E-state index contributed by atoms with van der Waals surface area (Å²) in [6.07, 6.45) is 1.78. The first kappa shape index (κ1) is 17.0. The van der Waals surface area contributed by atoms with Gasteiger partial charge in [-0.25, -0.2) is 18.1 Å². The Balaban J connectivity index is 2.66. The smallest absolute Gasteiger partial charge is 0.283 e. The van der Waals surface area contributed by atoms with E-state index in [-0.39, 0.29) is 10.5 Å². The lowest BCUT2D eigenvalue weighted by Gasteiger charge is -2.20. The van der Waals surface area contributed by atoms with Gasteiger partial charge in [0.05, 0.1) is 15.9 Å². The maximum Gasteiger partial charge on any atom is 0.283 e. The molecule has 22 heavy (non-hydrogen) atoms. The van der Waals surface area contributed by atoms with Crippen LogP contribution in [-0.2, 0) is 17.1 Å². The lowest BCUT2D eigenvalue weighted by atomic mass is 10.1. The number of hydrogen-bond acceptors (Lipinski definition) is 5. The molecule has 0 aliphatic heterocycles. The van der Waals surface area contributed by atoms with Crippen molar-refractivity contribution in [1.29, 1.82) is 0 Å². The van der Waals surface area contributed by atoms with E-state index in [0.29, 0.717) is 16.1 Å². The normalized spacial score (nSPS) is 12.8. The topological polar surface area (TPSA) is 81.1 Å². The molecule has 0 aliphatic rings. The van der Waals surface area contributed by atoms with Gasteiger partial charge in [-0.05, 0) is 45.2 Å². The van der Waals surface area contributed by atoms with Crippen LogP contribution in [0.25, 0.3) is 11.0 Å². The third-order valence-corrected chi connectivity index (χ3v) is 5.37.